The van der Waals surface area contributed by atoms with Gasteiger partial charge in [-0.1, -0.05) is 42.5 Å². The number of nitrogens with zero attached hydrogens (tertiary/aromatic N) is 2. The molecule has 1 aliphatic heterocycles. The van der Waals surface area contributed by atoms with E-state index >= 15 is 0 Å². The highest BCUT2D eigenvalue weighted by Crippen LogP contribution is 2.36. The van der Waals surface area contributed by atoms with Crippen molar-refractivity contribution in [3.8, 4) is 0 Å². The summed E-state index contributed by atoms with van der Waals surface area (Å²) in [5.74, 6) is -1.44. The quantitative estimate of drug-likeness (QED) is 0.438. The summed E-state index contributed by atoms with van der Waals surface area (Å²) in [6.07, 6.45) is -2.95. The maximum absolute atomic E-state index is 13.7. The first kappa shape index (κ1) is 26.2. The zero-order chi connectivity index (χ0) is 26.8. The number of aliphatic carboxylic acids is 1. The largest absolute Gasteiger partial charge is 0.481 e. The molecule has 3 aromatic rings. The third kappa shape index (κ3) is 5.47. The summed E-state index contributed by atoms with van der Waals surface area (Å²) in [6.45, 7) is 1.50. The highest BCUT2D eigenvalue weighted by molar-refractivity contribution is 5.95. The standard InChI is InChI=1S/C27H27F3N2O5/c1-26(12-14-32(26)23(33)15-22-20-9-4-2-8-19(20)17-37-22)25(36)31(13-6-11-24(34)35)16-18-7-3-5-10-21(18)27(28,29)30/h2-5,7-10,17H,6,11-16H2,1H3,(H,34,35). The predicted molar refractivity (Wildman–Crippen MR) is 128 cm³/mol. The molecule has 1 aromatic heterocycles. The van der Waals surface area contributed by atoms with E-state index in [1.165, 1.54) is 28.0 Å². The average Bonchev–Trinajstić information content (AvgIpc) is 3.24. The maximum Gasteiger partial charge on any atom is 0.416 e. The SMILES string of the molecule is CC1(C(=O)N(CCCC(=O)O)Cc2ccccc2C(F)(F)F)CCN1C(=O)Cc1occ2ccccc12. The van der Waals surface area contributed by atoms with E-state index in [4.69, 9.17) is 9.52 Å². The van der Waals surface area contributed by atoms with Crippen LogP contribution >= 0.6 is 0 Å². The van der Waals surface area contributed by atoms with Gasteiger partial charge in [0.1, 0.15) is 11.3 Å². The second-order valence-corrected chi connectivity index (χ2v) is 9.37. The number of furan rings is 1. The lowest BCUT2D eigenvalue weighted by Crippen LogP contribution is -2.68. The van der Waals surface area contributed by atoms with Crippen LogP contribution in [0.25, 0.3) is 10.8 Å². The van der Waals surface area contributed by atoms with Gasteiger partial charge in [0.15, 0.2) is 0 Å². The predicted octanol–water partition coefficient (Wildman–Crippen LogP) is 4.88. The Kier molecular flexibility index (Phi) is 7.29. The third-order valence-corrected chi connectivity index (χ3v) is 6.87. The van der Waals surface area contributed by atoms with Crippen LogP contribution in [0.5, 0.6) is 0 Å². The lowest BCUT2D eigenvalue weighted by atomic mass is 9.84. The van der Waals surface area contributed by atoms with Gasteiger partial charge in [-0.05, 0) is 31.4 Å². The first-order valence-corrected chi connectivity index (χ1v) is 11.9. The van der Waals surface area contributed by atoms with Gasteiger partial charge < -0.3 is 19.3 Å². The molecule has 2 heterocycles. The van der Waals surface area contributed by atoms with Gasteiger partial charge >= 0.3 is 12.1 Å². The van der Waals surface area contributed by atoms with Crippen LogP contribution in [0.4, 0.5) is 13.2 Å². The van der Waals surface area contributed by atoms with Gasteiger partial charge in [0.05, 0.1) is 18.2 Å². The van der Waals surface area contributed by atoms with Crippen molar-refractivity contribution in [2.45, 2.75) is 50.9 Å². The summed E-state index contributed by atoms with van der Waals surface area (Å²) in [5.41, 5.74) is -2.21. The minimum Gasteiger partial charge on any atom is -0.481 e. The highest BCUT2D eigenvalue weighted by Gasteiger charge is 2.51. The van der Waals surface area contributed by atoms with Gasteiger partial charge in [-0.3, -0.25) is 14.4 Å². The van der Waals surface area contributed by atoms with E-state index in [2.05, 4.69) is 0 Å². The molecule has 1 saturated heterocycles. The van der Waals surface area contributed by atoms with Crippen LogP contribution in [0.2, 0.25) is 0 Å². The first-order chi connectivity index (χ1) is 17.5. The normalized spacial score (nSPS) is 17.5. The van der Waals surface area contributed by atoms with Crippen molar-refractivity contribution in [1.29, 1.82) is 0 Å². The van der Waals surface area contributed by atoms with Gasteiger partial charge in [-0.15, -0.1) is 0 Å². The molecule has 0 aliphatic carbocycles. The van der Waals surface area contributed by atoms with Crippen molar-refractivity contribution in [3.63, 3.8) is 0 Å². The number of carboxylic acids is 1. The van der Waals surface area contributed by atoms with E-state index in [-0.39, 0.29) is 43.8 Å². The molecule has 1 unspecified atom stereocenters. The fourth-order valence-electron chi connectivity index (χ4n) is 4.76. The minimum absolute atomic E-state index is 0.0578. The number of hydrogen-bond acceptors (Lipinski definition) is 4. The topological polar surface area (TPSA) is 91.1 Å². The van der Waals surface area contributed by atoms with Crippen molar-refractivity contribution in [3.05, 3.63) is 71.7 Å². The number of halogens is 3. The number of carbonyl (C=O) groups excluding carboxylic acids is 2. The van der Waals surface area contributed by atoms with Crippen LogP contribution < -0.4 is 0 Å². The molecule has 1 atom stereocenters. The van der Waals surface area contributed by atoms with Gasteiger partial charge in [0, 0.05) is 36.8 Å². The number of alkyl halides is 3. The van der Waals surface area contributed by atoms with Gasteiger partial charge in [0.2, 0.25) is 11.8 Å². The second-order valence-electron chi connectivity index (χ2n) is 9.37. The molecule has 10 heteroatoms. The zero-order valence-electron chi connectivity index (χ0n) is 20.3. The van der Waals surface area contributed by atoms with E-state index in [0.717, 1.165) is 16.8 Å². The fraction of sp³-hybridized carbons (Fsp3) is 0.370. The van der Waals surface area contributed by atoms with Crippen molar-refractivity contribution in [1.82, 2.24) is 9.80 Å². The Morgan fingerprint density at radius 1 is 1.11 bits per heavy atom. The summed E-state index contributed by atoms with van der Waals surface area (Å²) >= 11 is 0. The molecular weight excluding hydrogens is 489 g/mol. The molecule has 7 nitrogen and oxygen atoms in total. The summed E-state index contributed by atoms with van der Waals surface area (Å²) in [7, 11) is 0. The second kappa shape index (κ2) is 10.3. The number of benzene rings is 2. The fourth-order valence-corrected chi connectivity index (χ4v) is 4.76. The van der Waals surface area contributed by atoms with Crippen LogP contribution in [0, 0.1) is 0 Å². The molecule has 2 amide bonds. The summed E-state index contributed by atoms with van der Waals surface area (Å²) in [6, 6.07) is 12.4. The molecule has 0 spiro atoms. The van der Waals surface area contributed by atoms with E-state index < -0.39 is 29.2 Å². The number of likely N-dealkylation sites (tertiary alicyclic amines) is 1. The molecular formula is C27H27F3N2O5. The third-order valence-electron chi connectivity index (χ3n) is 6.87. The monoisotopic (exact) mass is 516 g/mol. The molecule has 2 aromatic carbocycles. The lowest BCUT2D eigenvalue weighted by Gasteiger charge is -2.51. The van der Waals surface area contributed by atoms with Gasteiger partial charge in [0.25, 0.3) is 0 Å². The summed E-state index contributed by atoms with van der Waals surface area (Å²) in [5, 5.41) is 10.7. The van der Waals surface area contributed by atoms with Crippen LogP contribution in [0.1, 0.15) is 43.1 Å². The Morgan fingerprint density at radius 2 is 1.81 bits per heavy atom. The lowest BCUT2D eigenvalue weighted by molar-refractivity contribution is -0.164. The Hall–Kier alpha value is -3.82. The van der Waals surface area contributed by atoms with Crippen LogP contribution in [0.3, 0.4) is 0 Å². The van der Waals surface area contributed by atoms with E-state index in [9.17, 15) is 27.6 Å². The number of fused-ring (bicyclic) bond motifs is 1. The molecule has 1 N–H and O–H groups in total. The molecule has 37 heavy (non-hydrogen) atoms. The average molecular weight is 517 g/mol. The van der Waals surface area contributed by atoms with Gasteiger partial charge in [-0.2, -0.15) is 13.2 Å². The van der Waals surface area contributed by atoms with Crippen molar-refractivity contribution in [2.24, 2.45) is 0 Å². The number of carboxylic acid groups (broad SMARTS) is 1. The van der Waals surface area contributed by atoms with E-state index in [1.54, 1.807) is 13.2 Å². The number of hydrogen-bond donors (Lipinski definition) is 1. The van der Waals surface area contributed by atoms with Crippen molar-refractivity contribution in [2.75, 3.05) is 13.1 Å². The molecule has 0 bridgehead atoms. The van der Waals surface area contributed by atoms with E-state index in [0.29, 0.717) is 18.7 Å². The Morgan fingerprint density at radius 3 is 2.49 bits per heavy atom. The molecule has 1 fully saturated rings. The molecule has 1 aliphatic rings. The van der Waals surface area contributed by atoms with Crippen molar-refractivity contribution < 1.29 is 37.1 Å². The summed E-state index contributed by atoms with van der Waals surface area (Å²) < 4.78 is 46.3. The maximum atomic E-state index is 13.7. The Balaban J connectivity index is 1.55. The molecule has 4 rings (SSSR count). The van der Waals surface area contributed by atoms with Crippen LogP contribution in [-0.4, -0.2) is 51.3 Å². The minimum atomic E-state index is -4.61. The number of rotatable bonds is 9. The highest BCUT2D eigenvalue weighted by atomic mass is 19.4. The Bertz CT molecular complexity index is 1320. The molecule has 196 valence electrons. The first-order valence-electron chi connectivity index (χ1n) is 11.9. The van der Waals surface area contributed by atoms with Crippen LogP contribution in [0.15, 0.2) is 59.2 Å². The Labute approximate surface area is 211 Å². The number of amides is 2. The van der Waals surface area contributed by atoms with Gasteiger partial charge in [-0.25, -0.2) is 0 Å². The smallest absolute Gasteiger partial charge is 0.416 e. The van der Waals surface area contributed by atoms with E-state index in [1.807, 2.05) is 24.3 Å². The van der Waals surface area contributed by atoms with Crippen LogP contribution in [-0.2, 0) is 33.5 Å². The summed E-state index contributed by atoms with van der Waals surface area (Å²) in [4.78, 5) is 40.6. The zero-order valence-corrected chi connectivity index (χ0v) is 20.3. The number of carbonyl (C=O) groups is 3. The molecule has 0 radical (unpaired) electrons. The van der Waals surface area contributed by atoms with Crippen molar-refractivity contribution >= 4 is 28.6 Å². The molecule has 0 saturated carbocycles.